The average molecular weight is 215 g/mol. The molecule has 0 spiro atoms. The standard InChI is InChI=1S/C13H13NO2/c15-13(10-5-3-7-14-10)12-8-9-4-1-2-6-11(9)16-12/h1-7,12-15H,8H2. The number of aromatic amines is 1. The highest BCUT2D eigenvalue weighted by atomic mass is 16.5. The monoisotopic (exact) mass is 215 g/mol. The van der Waals surface area contributed by atoms with Crippen LogP contribution in [0.15, 0.2) is 42.6 Å². The molecular formula is C13H13NO2. The zero-order chi connectivity index (χ0) is 11.0. The van der Waals surface area contributed by atoms with Gasteiger partial charge in [-0.1, -0.05) is 18.2 Å². The van der Waals surface area contributed by atoms with Crippen LogP contribution in [0.1, 0.15) is 17.4 Å². The maximum absolute atomic E-state index is 10.1. The summed E-state index contributed by atoms with van der Waals surface area (Å²) in [6, 6.07) is 11.7. The van der Waals surface area contributed by atoms with Crippen molar-refractivity contribution < 1.29 is 9.84 Å². The molecule has 0 aliphatic carbocycles. The number of aliphatic hydroxyl groups is 1. The Labute approximate surface area is 93.7 Å². The second kappa shape index (κ2) is 3.68. The number of hydrogen-bond acceptors (Lipinski definition) is 2. The van der Waals surface area contributed by atoms with Crippen molar-refractivity contribution in [2.75, 3.05) is 0 Å². The van der Waals surface area contributed by atoms with E-state index in [9.17, 15) is 5.11 Å². The Balaban J connectivity index is 1.81. The van der Waals surface area contributed by atoms with Crippen LogP contribution in [0.25, 0.3) is 0 Å². The van der Waals surface area contributed by atoms with Gasteiger partial charge >= 0.3 is 0 Å². The predicted octanol–water partition coefficient (Wildman–Crippen LogP) is 2.05. The Hall–Kier alpha value is -1.74. The first-order valence-electron chi connectivity index (χ1n) is 5.40. The van der Waals surface area contributed by atoms with E-state index < -0.39 is 6.10 Å². The molecule has 1 aromatic carbocycles. The van der Waals surface area contributed by atoms with Crippen LogP contribution in [-0.2, 0) is 6.42 Å². The van der Waals surface area contributed by atoms with E-state index >= 15 is 0 Å². The highest BCUT2D eigenvalue weighted by Gasteiger charge is 2.30. The molecule has 0 amide bonds. The van der Waals surface area contributed by atoms with Crippen molar-refractivity contribution >= 4 is 0 Å². The summed E-state index contributed by atoms with van der Waals surface area (Å²) in [5.74, 6) is 0.887. The van der Waals surface area contributed by atoms with Crippen molar-refractivity contribution in [3.8, 4) is 5.75 Å². The lowest BCUT2D eigenvalue weighted by atomic mass is 10.0. The zero-order valence-corrected chi connectivity index (χ0v) is 8.76. The van der Waals surface area contributed by atoms with Crippen LogP contribution in [0.2, 0.25) is 0 Å². The minimum absolute atomic E-state index is 0.184. The van der Waals surface area contributed by atoms with Crippen LogP contribution in [0, 0.1) is 0 Å². The summed E-state index contributed by atoms with van der Waals surface area (Å²) in [4.78, 5) is 3.01. The summed E-state index contributed by atoms with van der Waals surface area (Å²) in [5, 5.41) is 10.1. The molecular weight excluding hydrogens is 202 g/mol. The minimum atomic E-state index is -0.595. The van der Waals surface area contributed by atoms with Crippen molar-refractivity contribution in [1.29, 1.82) is 0 Å². The van der Waals surface area contributed by atoms with Gasteiger partial charge in [-0.05, 0) is 23.8 Å². The third-order valence-corrected chi connectivity index (χ3v) is 2.96. The predicted molar refractivity (Wildman–Crippen MR) is 60.3 cm³/mol. The van der Waals surface area contributed by atoms with Crippen LogP contribution in [0.3, 0.4) is 0 Å². The van der Waals surface area contributed by atoms with Crippen LogP contribution >= 0.6 is 0 Å². The van der Waals surface area contributed by atoms with Gasteiger partial charge in [-0.3, -0.25) is 0 Å². The lowest BCUT2D eigenvalue weighted by Gasteiger charge is -2.16. The van der Waals surface area contributed by atoms with E-state index in [1.165, 1.54) is 0 Å². The van der Waals surface area contributed by atoms with Crippen molar-refractivity contribution in [1.82, 2.24) is 4.98 Å². The Kier molecular flexibility index (Phi) is 2.18. The van der Waals surface area contributed by atoms with E-state index in [2.05, 4.69) is 4.98 Å². The lowest BCUT2D eigenvalue weighted by molar-refractivity contribution is 0.0466. The maximum Gasteiger partial charge on any atom is 0.134 e. The number of fused-ring (bicyclic) bond motifs is 1. The van der Waals surface area contributed by atoms with Gasteiger partial charge in [0.15, 0.2) is 0 Å². The van der Waals surface area contributed by atoms with Gasteiger partial charge in [-0.25, -0.2) is 0 Å². The Morgan fingerprint density at radius 1 is 1.25 bits per heavy atom. The maximum atomic E-state index is 10.1. The number of rotatable bonds is 2. The second-order valence-electron chi connectivity index (χ2n) is 4.04. The molecule has 1 aliphatic rings. The third kappa shape index (κ3) is 1.49. The SMILES string of the molecule is OC(c1ccc[nH]1)C1Cc2ccccc2O1. The largest absolute Gasteiger partial charge is 0.487 e. The van der Waals surface area contributed by atoms with Gasteiger partial charge in [0.1, 0.15) is 18.0 Å². The number of nitrogens with one attached hydrogen (secondary N) is 1. The van der Waals surface area contributed by atoms with Crippen LogP contribution in [0.4, 0.5) is 0 Å². The van der Waals surface area contributed by atoms with Gasteiger partial charge in [-0.15, -0.1) is 0 Å². The van der Waals surface area contributed by atoms with Gasteiger partial charge in [0.05, 0.1) is 0 Å². The summed E-state index contributed by atoms with van der Waals surface area (Å²) >= 11 is 0. The van der Waals surface area contributed by atoms with E-state index in [1.54, 1.807) is 6.20 Å². The number of H-pyrrole nitrogens is 1. The molecule has 2 unspecified atom stereocenters. The van der Waals surface area contributed by atoms with E-state index in [-0.39, 0.29) is 6.10 Å². The van der Waals surface area contributed by atoms with E-state index in [1.807, 2.05) is 36.4 Å². The molecule has 2 aromatic rings. The molecule has 16 heavy (non-hydrogen) atoms. The molecule has 0 saturated heterocycles. The number of hydrogen-bond donors (Lipinski definition) is 2. The number of aromatic nitrogens is 1. The molecule has 2 atom stereocenters. The first-order valence-corrected chi connectivity index (χ1v) is 5.40. The van der Waals surface area contributed by atoms with Crippen molar-refractivity contribution in [2.45, 2.75) is 18.6 Å². The van der Waals surface area contributed by atoms with Crippen LogP contribution in [0.5, 0.6) is 5.75 Å². The number of aliphatic hydroxyl groups excluding tert-OH is 1. The van der Waals surface area contributed by atoms with Gasteiger partial charge in [0.2, 0.25) is 0 Å². The molecule has 3 heteroatoms. The van der Waals surface area contributed by atoms with Crippen LogP contribution < -0.4 is 4.74 Å². The normalized spacial score (nSPS) is 20.2. The third-order valence-electron chi connectivity index (χ3n) is 2.96. The van der Waals surface area contributed by atoms with E-state index in [0.717, 1.165) is 23.4 Å². The van der Waals surface area contributed by atoms with Crippen molar-refractivity contribution in [3.63, 3.8) is 0 Å². The first-order chi connectivity index (χ1) is 7.84. The first kappa shape index (κ1) is 9.48. The van der Waals surface area contributed by atoms with Crippen molar-refractivity contribution in [2.24, 2.45) is 0 Å². The molecule has 0 fully saturated rings. The molecule has 82 valence electrons. The number of ether oxygens (including phenoxy) is 1. The molecule has 0 radical (unpaired) electrons. The fraction of sp³-hybridized carbons (Fsp3) is 0.231. The molecule has 1 aliphatic heterocycles. The summed E-state index contributed by atoms with van der Waals surface area (Å²) in [6.07, 6.45) is 1.79. The Morgan fingerprint density at radius 3 is 2.88 bits per heavy atom. The highest BCUT2D eigenvalue weighted by molar-refractivity contribution is 5.37. The molecule has 0 saturated carbocycles. The van der Waals surface area contributed by atoms with Gasteiger partial charge in [0.25, 0.3) is 0 Å². The number of benzene rings is 1. The molecule has 2 heterocycles. The van der Waals surface area contributed by atoms with Gasteiger partial charge in [-0.2, -0.15) is 0 Å². The fourth-order valence-electron chi connectivity index (χ4n) is 2.11. The summed E-state index contributed by atoms with van der Waals surface area (Å²) in [5.41, 5.74) is 1.97. The highest BCUT2D eigenvalue weighted by Crippen LogP contribution is 2.33. The Morgan fingerprint density at radius 2 is 2.12 bits per heavy atom. The summed E-state index contributed by atoms with van der Waals surface area (Å²) in [6.45, 7) is 0. The lowest BCUT2D eigenvalue weighted by Crippen LogP contribution is -2.23. The van der Waals surface area contributed by atoms with Crippen molar-refractivity contribution in [3.05, 3.63) is 53.9 Å². The molecule has 3 nitrogen and oxygen atoms in total. The fourth-order valence-corrected chi connectivity index (χ4v) is 2.11. The van der Waals surface area contributed by atoms with Gasteiger partial charge in [0, 0.05) is 18.3 Å². The molecule has 2 N–H and O–H groups in total. The van der Waals surface area contributed by atoms with E-state index in [4.69, 9.17) is 4.74 Å². The molecule has 3 rings (SSSR count). The van der Waals surface area contributed by atoms with Gasteiger partial charge < -0.3 is 14.8 Å². The Bertz CT molecular complexity index is 453. The zero-order valence-electron chi connectivity index (χ0n) is 8.76. The quantitative estimate of drug-likeness (QED) is 0.805. The number of para-hydroxylation sites is 1. The molecule has 0 bridgehead atoms. The van der Waals surface area contributed by atoms with E-state index in [0.29, 0.717) is 0 Å². The summed E-state index contributed by atoms with van der Waals surface area (Å²) < 4.78 is 5.72. The smallest absolute Gasteiger partial charge is 0.134 e. The van der Waals surface area contributed by atoms with Crippen LogP contribution in [-0.4, -0.2) is 16.2 Å². The minimum Gasteiger partial charge on any atom is -0.487 e. The molecule has 1 aromatic heterocycles. The topological polar surface area (TPSA) is 45.2 Å². The summed E-state index contributed by atoms with van der Waals surface area (Å²) in [7, 11) is 0. The average Bonchev–Trinajstić information content (AvgIpc) is 2.97. The second-order valence-corrected chi connectivity index (χ2v) is 4.04.